The maximum Gasteiger partial charge on any atom is 0.412 e. The lowest BCUT2D eigenvalue weighted by Gasteiger charge is -2.28. The van der Waals surface area contributed by atoms with E-state index in [1.54, 1.807) is 64.6 Å². The number of rotatable bonds is 12. The Balaban J connectivity index is 1.67. The molecule has 2 unspecified atom stereocenters. The first kappa shape index (κ1) is 39.2. The highest BCUT2D eigenvalue weighted by Gasteiger charge is 2.31. The molecular formula is C38H56N4O7. The molecule has 1 fully saturated rings. The van der Waals surface area contributed by atoms with Gasteiger partial charge in [0.15, 0.2) is 0 Å². The molecule has 2 atom stereocenters. The molecule has 11 nitrogen and oxygen atoms in total. The van der Waals surface area contributed by atoms with Gasteiger partial charge in [0.05, 0.1) is 0 Å². The van der Waals surface area contributed by atoms with Crippen molar-refractivity contribution >= 4 is 29.7 Å². The van der Waals surface area contributed by atoms with Crippen LogP contribution < -0.4 is 20.7 Å². The first-order chi connectivity index (χ1) is 23.0. The van der Waals surface area contributed by atoms with Crippen LogP contribution in [-0.2, 0) is 32.1 Å². The fourth-order valence-electron chi connectivity index (χ4n) is 5.34. The van der Waals surface area contributed by atoms with Crippen molar-refractivity contribution in [3.8, 4) is 5.75 Å². The van der Waals surface area contributed by atoms with Crippen LogP contribution in [-0.4, -0.2) is 65.3 Å². The van der Waals surface area contributed by atoms with E-state index in [-0.39, 0.29) is 25.0 Å². The molecule has 0 radical (unpaired) electrons. The lowest BCUT2D eigenvalue weighted by atomic mass is 10.0. The Morgan fingerprint density at radius 3 is 2.00 bits per heavy atom. The largest absolute Gasteiger partial charge is 0.489 e. The number of nitrogens with zero attached hydrogens (tertiary/aromatic N) is 1. The van der Waals surface area contributed by atoms with E-state index in [9.17, 15) is 19.2 Å². The molecule has 3 N–H and O–H groups in total. The summed E-state index contributed by atoms with van der Waals surface area (Å²) in [5.74, 6) is -0.226. The van der Waals surface area contributed by atoms with E-state index in [1.165, 1.54) is 0 Å². The number of ether oxygens (including phenoxy) is 3. The standard InChI is InChI=1S/C38H56N4O7/c1-26(2)22-31(41-35(45)42-20-11-9-10-12-21-42)33(43)40-32(34(44)48-37(3,4)5)24-27-16-18-30(19-17-27)47-25-28-14-13-15-29(23-28)39-36(46)49-38(6,7)8/h13-19,23,26,31-32H,9-12,20-22,24-25H2,1-8H3,(H,39,46)(H,40,43)(H,41,45). The summed E-state index contributed by atoms with van der Waals surface area (Å²) in [6.45, 7) is 16.3. The second-order valence-electron chi connectivity index (χ2n) is 15.1. The summed E-state index contributed by atoms with van der Waals surface area (Å²) in [6.07, 6.45) is 4.15. The SMILES string of the molecule is CC(C)CC(NC(=O)N1CCCCCC1)C(=O)NC(Cc1ccc(OCc2cccc(NC(=O)OC(C)(C)C)c2)cc1)C(=O)OC(C)(C)C. The molecule has 0 spiro atoms. The third-order valence-corrected chi connectivity index (χ3v) is 7.56. The highest BCUT2D eigenvalue weighted by molar-refractivity contribution is 5.90. The van der Waals surface area contributed by atoms with Gasteiger partial charge in [-0.05, 0) is 102 Å². The summed E-state index contributed by atoms with van der Waals surface area (Å²) in [5, 5.41) is 8.56. The molecule has 49 heavy (non-hydrogen) atoms. The highest BCUT2D eigenvalue weighted by Crippen LogP contribution is 2.20. The molecule has 0 bridgehead atoms. The van der Waals surface area contributed by atoms with Crippen molar-refractivity contribution in [3.05, 3.63) is 59.7 Å². The predicted octanol–water partition coefficient (Wildman–Crippen LogP) is 6.98. The summed E-state index contributed by atoms with van der Waals surface area (Å²) >= 11 is 0. The van der Waals surface area contributed by atoms with Crippen LogP contribution in [0.4, 0.5) is 15.3 Å². The van der Waals surface area contributed by atoms with Crippen LogP contribution in [0.5, 0.6) is 5.75 Å². The maximum absolute atomic E-state index is 13.7. The number of carbonyl (C=O) groups is 4. The molecule has 4 amide bonds. The maximum atomic E-state index is 13.7. The number of esters is 1. The first-order valence-electron chi connectivity index (χ1n) is 17.4. The number of nitrogens with one attached hydrogen (secondary N) is 3. The summed E-state index contributed by atoms with van der Waals surface area (Å²) in [7, 11) is 0. The van der Waals surface area contributed by atoms with E-state index in [1.807, 2.05) is 44.2 Å². The fraction of sp³-hybridized carbons (Fsp3) is 0.579. The minimum atomic E-state index is -0.969. The van der Waals surface area contributed by atoms with Gasteiger partial charge in [0.2, 0.25) is 5.91 Å². The van der Waals surface area contributed by atoms with Gasteiger partial charge < -0.3 is 29.7 Å². The monoisotopic (exact) mass is 680 g/mol. The van der Waals surface area contributed by atoms with Crippen molar-refractivity contribution in [1.29, 1.82) is 0 Å². The number of urea groups is 1. The van der Waals surface area contributed by atoms with Crippen LogP contribution in [0.25, 0.3) is 0 Å². The Morgan fingerprint density at radius 1 is 0.776 bits per heavy atom. The molecule has 0 aliphatic carbocycles. The number of anilines is 1. The van der Waals surface area contributed by atoms with Gasteiger partial charge in [0.25, 0.3) is 0 Å². The van der Waals surface area contributed by atoms with E-state index in [4.69, 9.17) is 14.2 Å². The lowest BCUT2D eigenvalue weighted by molar-refractivity contribution is -0.158. The van der Waals surface area contributed by atoms with E-state index in [0.717, 1.165) is 36.8 Å². The molecule has 270 valence electrons. The molecule has 2 aromatic rings. The van der Waals surface area contributed by atoms with Gasteiger partial charge >= 0.3 is 18.1 Å². The zero-order valence-corrected chi connectivity index (χ0v) is 30.5. The average molecular weight is 681 g/mol. The molecule has 3 rings (SSSR count). The van der Waals surface area contributed by atoms with Crippen molar-refractivity contribution in [2.75, 3.05) is 18.4 Å². The molecule has 1 saturated heterocycles. The van der Waals surface area contributed by atoms with E-state index in [0.29, 0.717) is 30.9 Å². The number of amides is 4. The molecule has 0 saturated carbocycles. The number of hydrogen-bond donors (Lipinski definition) is 3. The summed E-state index contributed by atoms with van der Waals surface area (Å²) < 4.78 is 17.0. The number of benzene rings is 2. The van der Waals surface area contributed by atoms with Gasteiger partial charge in [0, 0.05) is 25.2 Å². The van der Waals surface area contributed by atoms with Gasteiger partial charge in [-0.25, -0.2) is 14.4 Å². The fourth-order valence-corrected chi connectivity index (χ4v) is 5.34. The molecule has 1 aliphatic rings. The van der Waals surface area contributed by atoms with Crippen LogP contribution in [0.3, 0.4) is 0 Å². The van der Waals surface area contributed by atoms with Crippen LogP contribution in [0, 0.1) is 5.92 Å². The molecule has 1 aliphatic heterocycles. The minimum absolute atomic E-state index is 0.136. The smallest absolute Gasteiger partial charge is 0.412 e. The molecule has 0 aromatic heterocycles. The summed E-state index contributed by atoms with van der Waals surface area (Å²) in [6, 6.07) is 12.6. The highest BCUT2D eigenvalue weighted by atomic mass is 16.6. The molecule has 1 heterocycles. The van der Waals surface area contributed by atoms with Gasteiger partial charge in [-0.3, -0.25) is 10.1 Å². The van der Waals surface area contributed by atoms with E-state index in [2.05, 4.69) is 16.0 Å². The van der Waals surface area contributed by atoms with Crippen molar-refractivity contribution in [3.63, 3.8) is 0 Å². The third kappa shape index (κ3) is 14.8. The van der Waals surface area contributed by atoms with E-state index >= 15 is 0 Å². The second-order valence-corrected chi connectivity index (χ2v) is 15.1. The van der Waals surface area contributed by atoms with Crippen LogP contribution in [0.2, 0.25) is 0 Å². The molecule has 2 aromatic carbocycles. The Morgan fingerprint density at radius 2 is 1.41 bits per heavy atom. The average Bonchev–Trinajstić information content (AvgIpc) is 3.28. The van der Waals surface area contributed by atoms with Gasteiger partial charge in [0.1, 0.15) is 35.6 Å². The molecular weight excluding hydrogens is 624 g/mol. The lowest BCUT2D eigenvalue weighted by Crippen LogP contribution is -2.55. The Kier molecular flexibility index (Phi) is 14.3. The quantitative estimate of drug-likeness (QED) is 0.206. The number of carbonyl (C=O) groups excluding carboxylic acids is 4. The Hall–Kier alpha value is -4.28. The summed E-state index contributed by atoms with van der Waals surface area (Å²) in [4.78, 5) is 54.1. The van der Waals surface area contributed by atoms with Crippen molar-refractivity contribution in [1.82, 2.24) is 15.5 Å². The summed E-state index contributed by atoms with van der Waals surface area (Å²) in [5.41, 5.74) is 0.883. The topological polar surface area (TPSA) is 135 Å². The van der Waals surface area contributed by atoms with Crippen molar-refractivity contribution < 1.29 is 33.4 Å². The normalized spacial score (nSPS) is 15.0. The van der Waals surface area contributed by atoms with E-state index < -0.39 is 41.3 Å². The van der Waals surface area contributed by atoms with Crippen LogP contribution in [0.15, 0.2) is 48.5 Å². The minimum Gasteiger partial charge on any atom is -0.489 e. The van der Waals surface area contributed by atoms with Gasteiger partial charge in [-0.1, -0.05) is 51.0 Å². The van der Waals surface area contributed by atoms with Crippen molar-refractivity contribution in [2.45, 2.75) is 124 Å². The third-order valence-electron chi connectivity index (χ3n) is 7.56. The number of hydrogen-bond acceptors (Lipinski definition) is 7. The van der Waals surface area contributed by atoms with Crippen molar-refractivity contribution in [2.24, 2.45) is 5.92 Å². The van der Waals surface area contributed by atoms with Gasteiger partial charge in [-0.15, -0.1) is 0 Å². The van der Waals surface area contributed by atoms with Crippen LogP contribution >= 0.6 is 0 Å². The zero-order valence-electron chi connectivity index (χ0n) is 30.5. The number of likely N-dealkylation sites (tertiary alicyclic amines) is 1. The van der Waals surface area contributed by atoms with Gasteiger partial charge in [-0.2, -0.15) is 0 Å². The van der Waals surface area contributed by atoms with Crippen LogP contribution in [0.1, 0.15) is 98.6 Å². The first-order valence-corrected chi connectivity index (χ1v) is 17.4. The predicted molar refractivity (Wildman–Crippen MR) is 190 cm³/mol. The second kappa shape index (κ2) is 17.9. The molecule has 11 heteroatoms. The zero-order chi connectivity index (χ0) is 36.2. The Bertz CT molecular complexity index is 1390. The Labute approximate surface area is 291 Å².